The van der Waals surface area contributed by atoms with E-state index in [4.69, 9.17) is 9.84 Å². The van der Waals surface area contributed by atoms with Crippen molar-refractivity contribution in [3.8, 4) is 11.6 Å². The molecule has 0 spiro atoms. The molecule has 0 fully saturated rings. The number of pyridine rings is 1. The van der Waals surface area contributed by atoms with Crippen molar-refractivity contribution in [3.05, 3.63) is 57.8 Å². The molecule has 0 unspecified atom stereocenters. The van der Waals surface area contributed by atoms with Gasteiger partial charge < -0.3 is 9.84 Å². The highest BCUT2D eigenvalue weighted by atomic mass is 19.1. The highest BCUT2D eigenvalue weighted by Crippen LogP contribution is 2.32. The number of hydrogen-bond donors (Lipinski definition) is 1. The number of aromatic nitrogens is 1. The van der Waals surface area contributed by atoms with Gasteiger partial charge in [-0.15, -0.1) is 0 Å². The zero-order valence-corrected chi connectivity index (χ0v) is 10.1. The van der Waals surface area contributed by atoms with Crippen LogP contribution in [0, 0.1) is 21.7 Å². The number of aromatic carboxylic acids is 1. The molecule has 0 amide bonds. The van der Waals surface area contributed by atoms with E-state index in [1.807, 2.05) is 0 Å². The molecule has 0 saturated heterocycles. The summed E-state index contributed by atoms with van der Waals surface area (Å²) in [6.45, 7) is 0. The van der Waals surface area contributed by atoms with Gasteiger partial charge in [-0.3, -0.25) is 10.1 Å². The normalized spacial score (nSPS) is 10.2. The molecule has 0 aliphatic rings. The summed E-state index contributed by atoms with van der Waals surface area (Å²) in [7, 11) is 0. The van der Waals surface area contributed by atoms with E-state index in [1.54, 1.807) is 0 Å². The van der Waals surface area contributed by atoms with Crippen LogP contribution in [0.15, 0.2) is 30.5 Å². The second kappa shape index (κ2) is 5.49. The van der Waals surface area contributed by atoms with Gasteiger partial charge in [-0.2, -0.15) is 0 Å². The van der Waals surface area contributed by atoms with Crippen LogP contribution < -0.4 is 4.74 Å². The fraction of sp³-hybridized carbons (Fsp3) is 0. The van der Waals surface area contributed by atoms with Crippen LogP contribution in [0.1, 0.15) is 10.4 Å². The number of hydrogen-bond acceptors (Lipinski definition) is 5. The number of benzene rings is 1. The summed E-state index contributed by atoms with van der Waals surface area (Å²) in [6, 6.07) is 3.72. The lowest BCUT2D eigenvalue weighted by molar-refractivity contribution is -0.385. The Balaban J connectivity index is 2.51. The molecule has 7 nitrogen and oxygen atoms in total. The van der Waals surface area contributed by atoms with Crippen LogP contribution in [0.5, 0.6) is 11.6 Å². The van der Waals surface area contributed by atoms with Crippen molar-refractivity contribution in [2.75, 3.05) is 0 Å². The lowest BCUT2D eigenvalue weighted by Crippen LogP contribution is -2.06. The van der Waals surface area contributed by atoms with Gasteiger partial charge >= 0.3 is 5.97 Å². The lowest BCUT2D eigenvalue weighted by Gasteiger charge is -2.08. The van der Waals surface area contributed by atoms with Gasteiger partial charge in [0.1, 0.15) is 5.82 Å². The summed E-state index contributed by atoms with van der Waals surface area (Å²) in [6.07, 6.45) is 0.663. The van der Waals surface area contributed by atoms with E-state index >= 15 is 0 Å². The van der Waals surface area contributed by atoms with E-state index in [0.29, 0.717) is 12.3 Å². The molecule has 1 aromatic heterocycles. The fourth-order valence-electron chi connectivity index (χ4n) is 1.55. The first-order valence-corrected chi connectivity index (χ1v) is 5.39. The first-order chi connectivity index (χ1) is 9.90. The standard InChI is InChI=1S/C12H6F2N2O5/c13-6-4-7(14)11(15-5-6)21-9-3-1-2-8(16(19)20)10(9)12(17)18/h1-5H,(H,17,18). The summed E-state index contributed by atoms with van der Waals surface area (Å²) in [4.78, 5) is 24.3. The average molecular weight is 296 g/mol. The van der Waals surface area contributed by atoms with Crippen molar-refractivity contribution in [1.29, 1.82) is 0 Å². The van der Waals surface area contributed by atoms with Crippen LogP contribution in [0.25, 0.3) is 0 Å². The largest absolute Gasteiger partial charge is 0.477 e. The van der Waals surface area contributed by atoms with Crippen molar-refractivity contribution >= 4 is 11.7 Å². The molecular formula is C12H6F2N2O5. The Morgan fingerprint density at radius 3 is 2.67 bits per heavy atom. The predicted molar refractivity (Wildman–Crippen MR) is 64.3 cm³/mol. The van der Waals surface area contributed by atoms with E-state index in [2.05, 4.69) is 4.98 Å². The Labute approximate surface area is 115 Å². The van der Waals surface area contributed by atoms with Gasteiger partial charge in [-0.25, -0.2) is 18.6 Å². The molecule has 0 atom stereocenters. The van der Waals surface area contributed by atoms with Gasteiger partial charge in [-0.05, 0) is 6.07 Å². The second-order valence-corrected chi connectivity index (χ2v) is 3.76. The maximum absolute atomic E-state index is 13.4. The number of carbonyl (C=O) groups is 1. The zero-order chi connectivity index (χ0) is 15.6. The van der Waals surface area contributed by atoms with Crippen molar-refractivity contribution in [2.24, 2.45) is 0 Å². The van der Waals surface area contributed by atoms with Crippen LogP contribution >= 0.6 is 0 Å². The van der Waals surface area contributed by atoms with Crippen molar-refractivity contribution in [3.63, 3.8) is 0 Å². The molecule has 2 aromatic rings. The number of carboxylic acids is 1. The SMILES string of the molecule is O=C(O)c1c(Oc2ncc(F)cc2F)cccc1[N+](=O)[O-]. The van der Waals surface area contributed by atoms with E-state index in [9.17, 15) is 23.7 Å². The average Bonchev–Trinajstić information content (AvgIpc) is 2.41. The van der Waals surface area contributed by atoms with Crippen LogP contribution in [0.3, 0.4) is 0 Å². The summed E-state index contributed by atoms with van der Waals surface area (Å²) in [5, 5.41) is 19.8. The van der Waals surface area contributed by atoms with Crippen molar-refractivity contribution in [1.82, 2.24) is 4.98 Å². The molecule has 2 rings (SSSR count). The molecular weight excluding hydrogens is 290 g/mol. The molecule has 1 heterocycles. The summed E-state index contributed by atoms with van der Waals surface area (Å²) in [5.74, 6) is -4.91. The maximum Gasteiger partial charge on any atom is 0.346 e. The first kappa shape index (κ1) is 14.3. The Bertz CT molecular complexity index is 736. The number of halogens is 2. The Morgan fingerprint density at radius 1 is 1.38 bits per heavy atom. The smallest absolute Gasteiger partial charge is 0.346 e. The van der Waals surface area contributed by atoms with Crippen LogP contribution in [0.4, 0.5) is 14.5 Å². The Morgan fingerprint density at radius 2 is 2.10 bits per heavy atom. The molecule has 0 saturated carbocycles. The number of nitro benzene ring substituents is 1. The summed E-state index contributed by atoms with van der Waals surface area (Å²) in [5.41, 5.74) is -1.48. The Kier molecular flexibility index (Phi) is 3.74. The minimum atomic E-state index is -1.63. The summed E-state index contributed by atoms with van der Waals surface area (Å²) < 4.78 is 31.1. The van der Waals surface area contributed by atoms with E-state index in [0.717, 1.165) is 12.1 Å². The summed E-state index contributed by atoms with van der Waals surface area (Å²) >= 11 is 0. The van der Waals surface area contributed by atoms with Crippen LogP contribution in [-0.2, 0) is 0 Å². The second-order valence-electron chi connectivity index (χ2n) is 3.76. The highest BCUT2D eigenvalue weighted by molar-refractivity contribution is 5.95. The maximum atomic E-state index is 13.4. The van der Waals surface area contributed by atoms with Gasteiger partial charge in [0.25, 0.3) is 11.6 Å². The topological polar surface area (TPSA) is 103 Å². The number of nitro groups is 1. The molecule has 108 valence electrons. The minimum absolute atomic E-state index is 0.477. The zero-order valence-electron chi connectivity index (χ0n) is 10.1. The number of carboxylic acid groups (broad SMARTS) is 1. The minimum Gasteiger partial charge on any atom is -0.477 e. The Hall–Kier alpha value is -3.10. The lowest BCUT2D eigenvalue weighted by atomic mass is 10.1. The van der Waals surface area contributed by atoms with Gasteiger partial charge in [0, 0.05) is 12.1 Å². The molecule has 0 radical (unpaired) electrons. The van der Waals surface area contributed by atoms with Crippen LogP contribution in [-0.4, -0.2) is 21.0 Å². The first-order valence-electron chi connectivity index (χ1n) is 5.39. The molecule has 1 N–H and O–H groups in total. The monoisotopic (exact) mass is 296 g/mol. The van der Waals surface area contributed by atoms with E-state index in [-0.39, 0.29) is 0 Å². The van der Waals surface area contributed by atoms with Gasteiger partial charge in [0.05, 0.1) is 11.1 Å². The van der Waals surface area contributed by atoms with Crippen LogP contribution in [0.2, 0.25) is 0 Å². The number of nitrogens with zero attached hydrogens (tertiary/aromatic N) is 2. The van der Waals surface area contributed by atoms with E-state index in [1.165, 1.54) is 6.07 Å². The van der Waals surface area contributed by atoms with Crippen molar-refractivity contribution < 1.29 is 28.3 Å². The number of rotatable bonds is 4. The number of ether oxygens (including phenoxy) is 1. The third-order valence-corrected chi connectivity index (χ3v) is 2.40. The van der Waals surface area contributed by atoms with Gasteiger partial charge in [0.2, 0.25) is 0 Å². The third-order valence-electron chi connectivity index (χ3n) is 2.40. The van der Waals surface area contributed by atoms with E-state index < -0.39 is 45.4 Å². The van der Waals surface area contributed by atoms with Gasteiger partial charge in [-0.1, -0.05) is 6.07 Å². The fourth-order valence-corrected chi connectivity index (χ4v) is 1.55. The molecule has 9 heteroatoms. The molecule has 0 aliphatic carbocycles. The van der Waals surface area contributed by atoms with Gasteiger partial charge in [0.15, 0.2) is 17.1 Å². The molecule has 1 aromatic carbocycles. The third kappa shape index (κ3) is 2.91. The predicted octanol–water partition coefficient (Wildman–Crippen LogP) is 2.76. The van der Waals surface area contributed by atoms with Crippen molar-refractivity contribution in [2.45, 2.75) is 0 Å². The highest BCUT2D eigenvalue weighted by Gasteiger charge is 2.25. The molecule has 21 heavy (non-hydrogen) atoms. The molecule has 0 aliphatic heterocycles. The molecule has 0 bridgehead atoms. The quantitative estimate of drug-likeness (QED) is 0.687.